The maximum absolute atomic E-state index is 11.1. The summed E-state index contributed by atoms with van der Waals surface area (Å²) in [4.78, 5) is 23.9. The van der Waals surface area contributed by atoms with Crippen molar-refractivity contribution in [2.75, 3.05) is 6.54 Å². The predicted molar refractivity (Wildman–Crippen MR) is 45.7 cm³/mol. The van der Waals surface area contributed by atoms with Crippen LogP contribution in [0.25, 0.3) is 0 Å². The zero-order valence-electron chi connectivity index (χ0n) is 7.89. The van der Waals surface area contributed by atoms with E-state index >= 15 is 0 Å². The maximum atomic E-state index is 11.1. The van der Waals surface area contributed by atoms with Crippen molar-refractivity contribution in [3.05, 3.63) is 0 Å². The number of hydrogen-bond donors (Lipinski definition) is 0. The predicted octanol–water partition coefficient (Wildman–Crippen LogP) is 0.976. The van der Waals surface area contributed by atoms with E-state index in [0.717, 1.165) is 6.42 Å². The highest BCUT2D eigenvalue weighted by Gasteiger charge is 2.34. The first-order valence-electron chi connectivity index (χ1n) is 4.23. The number of nitrogens with zero attached hydrogens (tertiary/aromatic N) is 1. The van der Waals surface area contributed by atoms with Crippen LogP contribution in [0.1, 0.15) is 33.6 Å². The normalized spacial score (nSPS) is 22.6. The molecule has 68 valence electrons. The van der Waals surface area contributed by atoms with Gasteiger partial charge in [0, 0.05) is 18.9 Å². The Morgan fingerprint density at radius 2 is 2.08 bits per heavy atom. The van der Waals surface area contributed by atoms with E-state index in [9.17, 15) is 9.59 Å². The van der Waals surface area contributed by atoms with Crippen molar-refractivity contribution in [1.82, 2.24) is 4.90 Å². The Labute approximate surface area is 72.7 Å². The fourth-order valence-corrected chi connectivity index (χ4v) is 1.59. The molecule has 0 atom stereocenters. The van der Waals surface area contributed by atoms with Crippen LogP contribution in [0.2, 0.25) is 0 Å². The van der Waals surface area contributed by atoms with Crippen LogP contribution in [0.15, 0.2) is 0 Å². The van der Waals surface area contributed by atoms with Crippen molar-refractivity contribution in [3.8, 4) is 0 Å². The van der Waals surface area contributed by atoms with Crippen LogP contribution in [0.3, 0.4) is 0 Å². The standard InChI is InChI=1S/C9H15NO2/c1-7(11)10-6-8(12)4-5-9(10,2)3/h4-6H2,1-3H3. The number of carbonyl (C=O) groups excluding carboxylic acids is 2. The zero-order valence-corrected chi connectivity index (χ0v) is 7.89. The lowest BCUT2D eigenvalue weighted by Crippen LogP contribution is -2.52. The molecule has 0 aromatic heterocycles. The van der Waals surface area contributed by atoms with E-state index in [1.54, 1.807) is 4.90 Å². The van der Waals surface area contributed by atoms with E-state index in [4.69, 9.17) is 0 Å². The van der Waals surface area contributed by atoms with Crippen molar-refractivity contribution >= 4 is 11.7 Å². The Morgan fingerprint density at radius 3 is 2.50 bits per heavy atom. The molecule has 1 amide bonds. The summed E-state index contributed by atoms with van der Waals surface area (Å²) in [6.45, 7) is 5.81. The van der Waals surface area contributed by atoms with Crippen LogP contribution in [-0.4, -0.2) is 28.7 Å². The summed E-state index contributed by atoms with van der Waals surface area (Å²) >= 11 is 0. The first-order chi connectivity index (χ1) is 5.43. The molecule has 3 heteroatoms. The van der Waals surface area contributed by atoms with Crippen molar-refractivity contribution in [2.24, 2.45) is 0 Å². The van der Waals surface area contributed by atoms with E-state index in [1.807, 2.05) is 13.8 Å². The third-order valence-electron chi connectivity index (χ3n) is 2.46. The van der Waals surface area contributed by atoms with Crippen molar-refractivity contribution in [3.63, 3.8) is 0 Å². The second kappa shape index (κ2) is 2.88. The van der Waals surface area contributed by atoms with Gasteiger partial charge in [0.15, 0.2) is 5.78 Å². The Balaban J connectivity index is 2.78. The van der Waals surface area contributed by atoms with Gasteiger partial charge in [-0.1, -0.05) is 0 Å². The van der Waals surface area contributed by atoms with Gasteiger partial charge in [-0.25, -0.2) is 0 Å². The molecule has 0 bridgehead atoms. The van der Waals surface area contributed by atoms with Crippen LogP contribution in [0, 0.1) is 0 Å². The molecule has 1 saturated heterocycles. The smallest absolute Gasteiger partial charge is 0.220 e. The minimum absolute atomic E-state index is 0.00644. The van der Waals surface area contributed by atoms with Crippen molar-refractivity contribution in [2.45, 2.75) is 39.2 Å². The van der Waals surface area contributed by atoms with Crippen molar-refractivity contribution < 1.29 is 9.59 Å². The van der Waals surface area contributed by atoms with Crippen LogP contribution in [-0.2, 0) is 9.59 Å². The van der Waals surface area contributed by atoms with E-state index in [2.05, 4.69) is 0 Å². The van der Waals surface area contributed by atoms with Crippen LogP contribution >= 0.6 is 0 Å². The number of carbonyl (C=O) groups is 2. The van der Waals surface area contributed by atoms with E-state index < -0.39 is 0 Å². The Bertz CT molecular complexity index is 221. The molecule has 1 rings (SSSR count). The van der Waals surface area contributed by atoms with Crippen LogP contribution in [0.5, 0.6) is 0 Å². The number of ketones is 1. The number of piperidine rings is 1. The molecule has 1 heterocycles. The molecular formula is C9H15NO2. The van der Waals surface area contributed by atoms with Gasteiger partial charge in [-0.3, -0.25) is 9.59 Å². The van der Waals surface area contributed by atoms with Gasteiger partial charge in [0.1, 0.15) is 0 Å². The summed E-state index contributed by atoms with van der Waals surface area (Å²) in [5.74, 6) is 0.164. The molecule has 0 aliphatic carbocycles. The molecule has 1 aliphatic rings. The highest BCUT2D eigenvalue weighted by molar-refractivity contribution is 5.87. The minimum Gasteiger partial charge on any atom is -0.330 e. The number of rotatable bonds is 0. The van der Waals surface area contributed by atoms with E-state index in [1.165, 1.54) is 6.92 Å². The quantitative estimate of drug-likeness (QED) is 0.542. The summed E-state index contributed by atoms with van der Waals surface area (Å²) in [6.07, 6.45) is 1.39. The third-order valence-corrected chi connectivity index (χ3v) is 2.46. The monoisotopic (exact) mass is 169 g/mol. The molecule has 0 spiro atoms. The Hall–Kier alpha value is -0.860. The first-order valence-corrected chi connectivity index (χ1v) is 4.23. The average Bonchev–Trinajstić information content (AvgIpc) is 1.94. The Morgan fingerprint density at radius 1 is 1.50 bits per heavy atom. The van der Waals surface area contributed by atoms with Gasteiger partial charge in [-0.05, 0) is 20.3 Å². The van der Waals surface area contributed by atoms with Crippen LogP contribution < -0.4 is 0 Å². The molecule has 0 aromatic carbocycles. The van der Waals surface area contributed by atoms with E-state index in [-0.39, 0.29) is 17.2 Å². The highest BCUT2D eigenvalue weighted by atomic mass is 16.2. The molecular weight excluding hydrogens is 154 g/mol. The van der Waals surface area contributed by atoms with Crippen molar-refractivity contribution in [1.29, 1.82) is 0 Å². The summed E-state index contributed by atoms with van der Waals surface area (Å²) in [7, 11) is 0. The maximum Gasteiger partial charge on any atom is 0.220 e. The molecule has 0 unspecified atom stereocenters. The van der Waals surface area contributed by atoms with Gasteiger partial charge < -0.3 is 4.90 Å². The fourth-order valence-electron chi connectivity index (χ4n) is 1.59. The Kier molecular flexibility index (Phi) is 2.22. The van der Waals surface area contributed by atoms with Gasteiger partial charge in [0.25, 0.3) is 0 Å². The lowest BCUT2D eigenvalue weighted by Gasteiger charge is -2.41. The summed E-state index contributed by atoms with van der Waals surface area (Å²) in [5.41, 5.74) is -0.139. The average molecular weight is 169 g/mol. The number of hydrogen-bond acceptors (Lipinski definition) is 2. The van der Waals surface area contributed by atoms with Gasteiger partial charge in [-0.2, -0.15) is 0 Å². The highest BCUT2D eigenvalue weighted by Crippen LogP contribution is 2.25. The number of Topliss-reactive ketones (excluding diaryl/α,β-unsaturated/α-hetero) is 1. The van der Waals surface area contributed by atoms with Gasteiger partial charge in [-0.15, -0.1) is 0 Å². The zero-order chi connectivity index (χ0) is 9.35. The molecule has 0 radical (unpaired) electrons. The second-order valence-electron chi connectivity index (χ2n) is 3.96. The van der Waals surface area contributed by atoms with Gasteiger partial charge >= 0.3 is 0 Å². The molecule has 3 nitrogen and oxygen atoms in total. The first kappa shape index (κ1) is 9.23. The molecule has 1 aliphatic heterocycles. The van der Waals surface area contributed by atoms with Gasteiger partial charge in [0.2, 0.25) is 5.91 Å². The molecule has 0 aromatic rings. The number of amides is 1. The SMILES string of the molecule is CC(=O)N1CC(=O)CCC1(C)C. The minimum atomic E-state index is -0.139. The topological polar surface area (TPSA) is 37.4 Å². The second-order valence-corrected chi connectivity index (χ2v) is 3.96. The molecule has 12 heavy (non-hydrogen) atoms. The molecule has 0 N–H and O–H groups in total. The lowest BCUT2D eigenvalue weighted by atomic mass is 9.90. The third kappa shape index (κ3) is 1.65. The van der Waals surface area contributed by atoms with Gasteiger partial charge in [0.05, 0.1) is 6.54 Å². The largest absolute Gasteiger partial charge is 0.330 e. The van der Waals surface area contributed by atoms with E-state index in [0.29, 0.717) is 13.0 Å². The molecule has 0 saturated carbocycles. The lowest BCUT2D eigenvalue weighted by molar-refractivity contribution is -0.142. The fraction of sp³-hybridized carbons (Fsp3) is 0.778. The number of likely N-dealkylation sites (tertiary alicyclic amines) is 1. The molecule has 1 fully saturated rings. The summed E-state index contributed by atoms with van der Waals surface area (Å²) < 4.78 is 0. The summed E-state index contributed by atoms with van der Waals surface area (Å²) in [5, 5.41) is 0. The summed E-state index contributed by atoms with van der Waals surface area (Å²) in [6, 6.07) is 0. The van der Waals surface area contributed by atoms with Crippen LogP contribution in [0.4, 0.5) is 0 Å².